The molecule has 2 aliphatic rings. The van der Waals surface area contributed by atoms with E-state index in [0.717, 1.165) is 18.7 Å². The van der Waals surface area contributed by atoms with Crippen LogP contribution in [-0.2, 0) is 4.74 Å². The molecule has 4 heteroatoms. The van der Waals surface area contributed by atoms with Crippen LogP contribution < -0.4 is 5.32 Å². The first kappa shape index (κ1) is 13.9. The van der Waals surface area contributed by atoms with E-state index in [4.69, 9.17) is 15.3 Å². The van der Waals surface area contributed by atoms with Crippen molar-refractivity contribution >= 4 is 5.69 Å². The predicted molar refractivity (Wildman–Crippen MR) is 79.6 cm³/mol. The molecule has 0 bridgehead atoms. The molecule has 108 valence electrons. The quantitative estimate of drug-likeness (QED) is 0.920. The summed E-state index contributed by atoms with van der Waals surface area (Å²) < 4.78 is 5.85. The van der Waals surface area contributed by atoms with Crippen LogP contribution in [0.3, 0.4) is 0 Å². The van der Waals surface area contributed by atoms with Crippen molar-refractivity contribution in [2.75, 3.05) is 11.9 Å². The molecule has 2 atom stereocenters. The molecule has 3 rings (SSSR count). The first-order valence-electron chi connectivity index (χ1n) is 7.56. The Morgan fingerprint density at radius 2 is 2.05 bits per heavy atom. The van der Waals surface area contributed by atoms with Crippen LogP contribution in [0.25, 0.3) is 0 Å². The van der Waals surface area contributed by atoms with Gasteiger partial charge in [-0.1, -0.05) is 6.42 Å². The smallest absolute Gasteiger partial charge is 0.101 e. The summed E-state index contributed by atoms with van der Waals surface area (Å²) in [5, 5.41) is 21.6. The Kier molecular flexibility index (Phi) is 3.57. The lowest BCUT2D eigenvalue weighted by molar-refractivity contribution is -0.157. The van der Waals surface area contributed by atoms with Crippen LogP contribution in [0.1, 0.15) is 43.7 Å². The highest BCUT2D eigenvalue weighted by molar-refractivity contribution is 5.57. The fraction of sp³-hybridized carbons (Fsp3) is 0.529. The molecular weight excluding hydrogens is 262 g/mol. The maximum absolute atomic E-state index is 9.10. The molecule has 2 unspecified atom stereocenters. The van der Waals surface area contributed by atoms with E-state index in [1.165, 1.54) is 19.3 Å². The minimum absolute atomic E-state index is 0.288. The molecule has 4 nitrogen and oxygen atoms in total. The van der Waals surface area contributed by atoms with Crippen molar-refractivity contribution in [2.24, 2.45) is 5.41 Å². The van der Waals surface area contributed by atoms with E-state index in [0.29, 0.717) is 23.3 Å². The molecule has 1 aromatic carbocycles. The third-order valence-corrected chi connectivity index (χ3v) is 5.04. The van der Waals surface area contributed by atoms with E-state index in [1.54, 1.807) is 12.1 Å². The normalized spacial score (nSPS) is 25.3. The van der Waals surface area contributed by atoms with Crippen molar-refractivity contribution in [3.05, 3.63) is 29.3 Å². The summed E-state index contributed by atoms with van der Waals surface area (Å²) in [4.78, 5) is 0. The van der Waals surface area contributed by atoms with Gasteiger partial charge in [0.2, 0.25) is 0 Å². The van der Waals surface area contributed by atoms with Crippen LogP contribution in [0, 0.1) is 28.1 Å². The predicted octanol–water partition coefficient (Wildman–Crippen LogP) is 3.19. The SMILES string of the molecule is CCOC1CC(Nc2ccc(C#N)c(C#N)c2)C12CCC2. The van der Waals surface area contributed by atoms with Crippen LogP contribution in [-0.4, -0.2) is 18.8 Å². The number of nitrogens with zero attached hydrogens (tertiary/aromatic N) is 2. The minimum atomic E-state index is 0.288. The number of ether oxygens (including phenoxy) is 1. The molecule has 2 saturated carbocycles. The van der Waals surface area contributed by atoms with E-state index in [-0.39, 0.29) is 5.41 Å². The summed E-state index contributed by atoms with van der Waals surface area (Å²) in [6, 6.07) is 9.93. The van der Waals surface area contributed by atoms with E-state index < -0.39 is 0 Å². The van der Waals surface area contributed by atoms with Crippen LogP contribution in [0.5, 0.6) is 0 Å². The minimum Gasteiger partial charge on any atom is -0.382 e. The average molecular weight is 281 g/mol. The standard InChI is InChI=1S/C17H19N3O/c1-2-21-16-9-15(17(16)6-3-7-17)20-14-5-4-12(10-18)13(8-14)11-19/h4-5,8,15-16,20H,2-3,6-7,9H2,1H3. The highest BCUT2D eigenvalue weighted by atomic mass is 16.5. The van der Waals surface area contributed by atoms with Gasteiger partial charge in [0, 0.05) is 23.8 Å². The number of hydrogen-bond donors (Lipinski definition) is 1. The summed E-state index contributed by atoms with van der Waals surface area (Å²) in [5.41, 5.74) is 2.08. The second kappa shape index (κ2) is 5.39. The monoisotopic (exact) mass is 281 g/mol. The van der Waals surface area contributed by atoms with Gasteiger partial charge in [0.15, 0.2) is 0 Å². The Balaban J connectivity index is 1.74. The van der Waals surface area contributed by atoms with Gasteiger partial charge in [0.05, 0.1) is 17.2 Å². The van der Waals surface area contributed by atoms with Crippen molar-refractivity contribution in [3.8, 4) is 12.1 Å². The fourth-order valence-corrected chi connectivity index (χ4v) is 3.67. The second-order valence-corrected chi connectivity index (χ2v) is 5.95. The molecule has 2 aliphatic carbocycles. The molecule has 0 aliphatic heterocycles. The van der Waals surface area contributed by atoms with E-state index in [1.807, 2.05) is 19.1 Å². The molecule has 1 aromatic rings. The van der Waals surface area contributed by atoms with E-state index in [2.05, 4.69) is 11.4 Å². The highest BCUT2D eigenvalue weighted by Crippen LogP contribution is 2.58. The zero-order chi connectivity index (χ0) is 14.9. The van der Waals surface area contributed by atoms with Crippen LogP contribution >= 0.6 is 0 Å². The van der Waals surface area contributed by atoms with Crippen molar-refractivity contribution < 1.29 is 4.74 Å². The Morgan fingerprint density at radius 1 is 1.29 bits per heavy atom. The van der Waals surface area contributed by atoms with Crippen molar-refractivity contribution in [1.82, 2.24) is 0 Å². The molecule has 0 heterocycles. The van der Waals surface area contributed by atoms with Crippen LogP contribution in [0.4, 0.5) is 5.69 Å². The Hall–Kier alpha value is -2.04. The number of rotatable bonds is 4. The molecule has 1 N–H and O–H groups in total. The number of hydrogen-bond acceptors (Lipinski definition) is 4. The van der Waals surface area contributed by atoms with E-state index >= 15 is 0 Å². The van der Waals surface area contributed by atoms with Gasteiger partial charge in [-0.25, -0.2) is 0 Å². The first-order valence-corrected chi connectivity index (χ1v) is 7.56. The summed E-state index contributed by atoms with van der Waals surface area (Å²) in [6.45, 7) is 2.82. The summed E-state index contributed by atoms with van der Waals surface area (Å²) in [7, 11) is 0. The number of nitrogens with one attached hydrogen (secondary N) is 1. The van der Waals surface area contributed by atoms with Crippen molar-refractivity contribution in [3.63, 3.8) is 0 Å². The van der Waals surface area contributed by atoms with Gasteiger partial charge in [-0.05, 0) is 44.4 Å². The molecule has 1 spiro atoms. The Labute approximate surface area is 125 Å². The highest BCUT2D eigenvalue weighted by Gasteiger charge is 2.58. The Bertz CT molecular complexity index is 622. The van der Waals surface area contributed by atoms with Gasteiger partial charge in [-0.3, -0.25) is 0 Å². The lowest BCUT2D eigenvalue weighted by atomic mass is 9.51. The van der Waals surface area contributed by atoms with Crippen molar-refractivity contribution in [1.29, 1.82) is 10.5 Å². The van der Waals surface area contributed by atoms with Gasteiger partial charge in [-0.2, -0.15) is 10.5 Å². The molecule has 0 radical (unpaired) electrons. The average Bonchev–Trinajstić information content (AvgIpc) is 2.44. The first-order chi connectivity index (χ1) is 10.2. The molecule has 0 saturated heterocycles. The van der Waals surface area contributed by atoms with Gasteiger partial charge in [0.1, 0.15) is 12.1 Å². The summed E-state index contributed by atoms with van der Waals surface area (Å²) >= 11 is 0. The zero-order valence-electron chi connectivity index (χ0n) is 12.2. The largest absolute Gasteiger partial charge is 0.382 e. The van der Waals surface area contributed by atoms with Crippen LogP contribution in [0.2, 0.25) is 0 Å². The fourth-order valence-electron chi connectivity index (χ4n) is 3.67. The Morgan fingerprint density at radius 3 is 2.62 bits per heavy atom. The molecule has 0 aromatic heterocycles. The summed E-state index contributed by atoms with van der Waals surface area (Å²) in [6.07, 6.45) is 5.12. The maximum atomic E-state index is 9.10. The van der Waals surface area contributed by atoms with Gasteiger partial charge in [0.25, 0.3) is 0 Å². The van der Waals surface area contributed by atoms with E-state index in [9.17, 15) is 0 Å². The number of nitriles is 2. The molecule has 0 amide bonds. The molecular formula is C17H19N3O. The van der Waals surface area contributed by atoms with Gasteiger partial charge in [-0.15, -0.1) is 0 Å². The third-order valence-electron chi connectivity index (χ3n) is 5.04. The summed E-state index contributed by atoms with van der Waals surface area (Å²) in [5.74, 6) is 0. The molecule has 2 fully saturated rings. The third kappa shape index (κ3) is 2.17. The zero-order valence-corrected chi connectivity index (χ0v) is 12.2. The topological polar surface area (TPSA) is 68.8 Å². The lowest BCUT2D eigenvalue weighted by Gasteiger charge is -2.61. The van der Waals surface area contributed by atoms with Gasteiger partial charge < -0.3 is 10.1 Å². The lowest BCUT2D eigenvalue weighted by Crippen LogP contribution is -2.64. The maximum Gasteiger partial charge on any atom is 0.101 e. The van der Waals surface area contributed by atoms with Crippen LogP contribution in [0.15, 0.2) is 18.2 Å². The number of benzene rings is 1. The molecule has 21 heavy (non-hydrogen) atoms. The second-order valence-electron chi connectivity index (χ2n) is 5.95. The van der Waals surface area contributed by atoms with Gasteiger partial charge >= 0.3 is 0 Å². The number of anilines is 1. The van der Waals surface area contributed by atoms with Crippen molar-refractivity contribution in [2.45, 2.75) is 44.8 Å².